The fraction of sp³-hybridized carbons (Fsp3) is 0.303. The quantitative estimate of drug-likeness (QED) is 0.171. The summed E-state index contributed by atoms with van der Waals surface area (Å²) in [6.45, 7) is 6.43. The monoisotopic (exact) mass is 701 g/mol. The molecule has 0 atom stereocenters. The van der Waals surface area contributed by atoms with Crippen molar-refractivity contribution in [3.63, 3.8) is 0 Å². The second-order valence-electron chi connectivity index (χ2n) is 11.9. The second kappa shape index (κ2) is 17.4. The molecule has 266 valence electrons. The van der Waals surface area contributed by atoms with Crippen molar-refractivity contribution in [1.82, 2.24) is 0 Å². The van der Waals surface area contributed by atoms with Gasteiger partial charge in [0.15, 0.2) is 0 Å². The molecule has 0 saturated heterocycles. The van der Waals surface area contributed by atoms with Crippen LogP contribution in [0.4, 0.5) is 17.1 Å². The lowest BCUT2D eigenvalue weighted by Gasteiger charge is -2.22. The summed E-state index contributed by atoms with van der Waals surface area (Å²) in [5.74, 6) is -1.81. The van der Waals surface area contributed by atoms with Crippen LogP contribution in [0.2, 0.25) is 0 Å². The van der Waals surface area contributed by atoms with Crippen molar-refractivity contribution in [3.8, 4) is 0 Å². The van der Waals surface area contributed by atoms with Crippen LogP contribution in [0.15, 0.2) is 54.6 Å². The molecule has 0 aliphatic carbocycles. The normalized spacial score (nSPS) is 13.5. The number of rotatable bonds is 9. The number of nitrogens with one attached hydrogen (secondary N) is 1. The Labute approximate surface area is 295 Å². The van der Waals surface area contributed by atoms with Gasteiger partial charge in [0.25, 0.3) is 0 Å². The van der Waals surface area contributed by atoms with Gasteiger partial charge in [-0.1, -0.05) is 36.4 Å². The van der Waals surface area contributed by atoms with E-state index in [1.807, 2.05) is 24.3 Å². The number of anilines is 3. The average molecular weight is 701 g/mol. The molecule has 0 saturated carbocycles. The third-order valence-corrected chi connectivity index (χ3v) is 8.02. The number of hydrogen-bond donors (Lipinski definition) is 5. The summed E-state index contributed by atoms with van der Waals surface area (Å²) in [5, 5.41) is 40.9. The predicted octanol–water partition coefficient (Wildman–Crippen LogP) is -0.907. The summed E-state index contributed by atoms with van der Waals surface area (Å²) in [6, 6.07) is 16.0. The van der Waals surface area contributed by atoms with E-state index < -0.39 is 39.8 Å². The van der Waals surface area contributed by atoms with Crippen LogP contribution in [0.5, 0.6) is 0 Å². The molecule has 0 aromatic heterocycles. The number of fused-ring (bicyclic) bond motifs is 3. The van der Waals surface area contributed by atoms with Gasteiger partial charge in [0.2, 0.25) is 11.8 Å². The van der Waals surface area contributed by atoms with Crippen LogP contribution in [-0.2, 0) is 57.8 Å². The summed E-state index contributed by atoms with van der Waals surface area (Å²) in [5.41, 5.74) is 6.06. The Morgan fingerprint density at radius 3 is 1.45 bits per heavy atom. The van der Waals surface area contributed by atoms with E-state index in [1.165, 1.54) is 32.6 Å². The fourth-order valence-electron chi connectivity index (χ4n) is 5.74. The molecule has 51 heavy (non-hydrogen) atoms. The van der Waals surface area contributed by atoms with E-state index in [9.17, 15) is 39.0 Å². The standard InChI is InChI=1S/C12H14BNO4.C11H12BNO5.C10H12BNO3/c1-8(15)6-14(9(2)16)11-5-3-4-10-7-18-13(17)12(10)11;1-7(14)13(5-10(15)16)9-4-2-3-8-6-18-12(17)11(8)9;1-7(13)5-12-9-4-2-3-8-6-15-11(14)10(8)9/h3-5,17H,6-7H2,1-2H3;2-4,17H,5-6H2,1H3,(H,15,16);2-4,12,14H,5-6H2,1H3. The van der Waals surface area contributed by atoms with Crippen LogP contribution in [0, 0.1) is 0 Å². The molecular formula is C33H38B3N3O12. The topological polar surface area (TPSA) is 212 Å². The molecule has 3 heterocycles. The zero-order valence-electron chi connectivity index (χ0n) is 28.6. The largest absolute Gasteiger partial charge is 0.493 e. The SMILES string of the molecule is CC(=O)CN(C(C)=O)c1cccc2c1B(O)OC2.CC(=O)CNc1cccc2c1B(O)OC2.CC(=O)N(CC(=O)O)c1cccc2c1B(O)OC2. The molecule has 0 fully saturated rings. The summed E-state index contributed by atoms with van der Waals surface area (Å²) in [7, 11) is -3.03. The Kier molecular flexibility index (Phi) is 13.3. The molecule has 0 spiro atoms. The molecule has 5 N–H and O–H groups in total. The Morgan fingerprint density at radius 1 is 0.627 bits per heavy atom. The molecule has 3 aliphatic heterocycles. The minimum absolute atomic E-state index is 0.00148. The average Bonchev–Trinajstić information content (AvgIpc) is 3.78. The third-order valence-electron chi connectivity index (χ3n) is 8.02. The molecule has 3 aliphatic rings. The summed E-state index contributed by atoms with van der Waals surface area (Å²) in [4.78, 5) is 58.5. The number of hydrogen-bond acceptors (Lipinski definition) is 12. The minimum Gasteiger partial charge on any atom is -0.480 e. The van der Waals surface area contributed by atoms with Gasteiger partial charge < -0.3 is 49.3 Å². The van der Waals surface area contributed by atoms with E-state index in [-0.39, 0.29) is 37.2 Å². The fourth-order valence-corrected chi connectivity index (χ4v) is 5.74. The zero-order valence-corrected chi connectivity index (χ0v) is 28.6. The first-order valence-corrected chi connectivity index (χ1v) is 15.9. The lowest BCUT2D eigenvalue weighted by Crippen LogP contribution is -2.41. The van der Waals surface area contributed by atoms with Gasteiger partial charge >= 0.3 is 27.3 Å². The van der Waals surface area contributed by atoms with Gasteiger partial charge in [0.1, 0.15) is 18.1 Å². The van der Waals surface area contributed by atoms with Crippen LogP contribution in [-0.4, -0.2) is 90.5 Å². The molecule has 15 nitrogen and oxygen atoms in total. The smallest absolute Gasteiger partial charge is 0.480 e. The van der Waals surface area contributed by atoms with Gasteiger partial charge in [-0.2, -0.15) is 0 Å². The number of Topliss-reactive ketones (excluding diaryl/α,β-unsaturated/α-hetero) is 2. The number of amides is 2. The molecule has 3 aromatic carbocycles. The maximum atomic E-state index is 11.6. The number of nitrogens with zero attached hydrogens (tertiary/aromatic N) is 2. The third kappa shape index (κ3) is 9.70. The van der Waals surface area contributed by atoms with E-state index in [4.69, 9.17) is 19.1 Å². The summed E-state index contributed by atoms with van der Waals surface area (Å²) >= 11 is 0. The van der Waals surface area contributed by atoms with Gasteiger partial charge in [-0.05, 0) is 48.7 Å². The van der Waals surface area contributed by atoms with E-state index >= 15 is 0 Å². The first-order chi connectivity index (χ1) is 24.2. The first-order valence-electron chi connectivity index (χ1n) is 15.9. The van der Waals surface area contributed by atoms with Crippen LogP contribution in [0.1, 0.15) is 44.4 Å². The molecule has 6 rings (SSSR count). The second-order valence-corrected chi connectivity index (χ2v) is 11.9. The molecule has 0 radical (unpaired) electrons. The van der Waals surface area contributed by atoms with Crippen molar-refractivity contribution in [2.45, 2.75) is 47.5 Å². The zero-order chi connectivity index (χ0) is 37.4. The highest BCUT2D eigenvalue weighted by atomic mass is 16.5. The number of carbonyl (C=O) groups excluding carboxylic acids is 4. The number of carboxylic acids is 1. The molecule has 3 aromatic rings. The van der Waals surface area contributed by atoms with Crippen LogP contribution >= 0.6 is 0 Å². The first kappa shape index (κ1) is 39.0. The summed E-state index contributed by atoms with van der Waals surface area (Å²) < 4.78 is 15.3. The number of benzene rings is 3. The van der Waals surface area contributed by atoms with E-state index in [0.29, 0.717) is 35.5 Å². The Hall–Kier alpha value is -4.84. The van der Waals surface area contributed by atoms with Gasteiger partial charge in [-0.3, -0.25) is 24.0 Å². The number of carbonyl (C=O) groups is 5. The summed E-state index contributed by atoms with van der Waals surface area (Å²) in [6.07, 6.45) is 0. The Balaban J connectivity index is 0.000000172. The molecule has 2 amide bonds. The highest BCUT2D eigenvalue weighted by Crippen LogP contribution is 2.22. The maximum absolute atomic E-state index is 11.6. The van der Waals surface area contributed by atoms with Gasteiger partial charge in [-0.25, -0.2) is 0 Å². The molecule has 0 unspecified atom stereocenters. The molecule has 0 bridgehead atoms. The minimum atomic E-state index is -1.12. The van der Waals surface area contributed by atoms with Crippen molar-refractivity contribution in [3.05, 3.63) is 71.3 Å². The highest BCUT2D eigenvalue weighted by molar-refractivity contribution is 6.64. The Morgan fingerprint density at radius 2 is 1.04 bits per heavy atom. The molecular weight excluding hydrogens is 663 g/mol. The number of aliphatic carboxylic acids is 1. The van der Waals surface area contributed by atoms with Crippen molar-refractivity contribution < 1.29 is 58.1 Å². The van der Waals surface area contributed by atoms with E-state index in [1.54, 1.807) is 30.3 Å². The molecule has 18 heteroatoms. The lowest BCUT2D eigenvalue weighted by atomic mass is 9.78. The van der Waals surface area contributed by atoms with E-state index in [2.05, 4.69) is 5.32 Å². The number of ketones is 2. The van der Waals surface area contributed by atoms with Crippen LogP contribution in [0.25, 0.3) is 0 Å². The van der Waals surface area contributed by atoms with Crippen LogP contribution < -0.4 is 31.5 Å². The predicted molar refractivity (Wildman–Crippen MR) is 190 cm³/mol. The number of carboxylic acid groups (broad SMARTS) is 1. The van der Waals surface area contributed by atoms with Gasteiger partial charge in [0, 0.05) is 47.3 Å². The van der Waals surface area contributed by atoms with Crippen molar-refractivity contribution in [1.29, 1.82) is 0 Å². The lowest BCUT2D eigenvalue weighted by molar-refractivity contribution is -0.136. The van der Waals surface area contributed by atoms with E-state index in [0.717, 1.165) is 32.7 Å². The Bertz CT molecular complexity index is 1720. The van der Waals surface area contributed by atoms with Crippen LogP contribution in [0.3, 0.4) is 0 Å². The van der Waals surface area contributed by atoms with Crippen molar-refractivity contribution >= 4 is 84.2 Å². The van der Waals surface area contributed by atoms with Gasteiger partial charge in [-0.15, -0.1) is 0 Å². The van der Waals surface area contributed by atoms with Gasteiger partial charge in [0.05, 0.1) is 32.9 Å². The van der Waals surface area contributed by atoms with Crippen molar-refractivity contribution in [2.75, 3.05) is 34.8 Å². The highest BCUT2D eigenvalue weighted by Gasteiger charge is 2.34. The van der Waals surface area contributed by atoms with Crippen molar-refractivity contribution in [2.24, 2.45) is 0 Å². The maximum Gasteiger partial charge on any atom is 0.493 e.